The number of hydrogen-bond acceptors (Lipinski definition) is 11. The Morgan fingerprint density at radius 1 is 1.04 bits per heavy atom. The van der Waals surface area contributed by atoms with Crippen molar-refractivity contribution >= 4 is 45.9 Å². The van der Waals surface area contributed by atoms with Gasteiger partial charge in [0, 0.05) is 54.8 Å². The van der Waals surface area contributed by atoms with Crippen LogP contribution in [-0.2, 0) is 16.0 Å². The zero-order chi connectivity index (χ0) is 36.8. The maximum absolute atomic E-state index is 14.7. The molecule has 1 unspecified atom stereocenters. The van der Waals surface area contributed by atoms with Crippen molar-refractivity contribution in [2.45, 2.75) is 19.4 Å². The van der Waals surface area contributed by atoms with Crippen molar-refractivity contribution in [1.82, 2.24) is 24.4 Å². The molecule has 5 aromatic rings. The number of ether oxygens (including phenoxy) is 3. The van der Waals surface area contributed by atoms with Gasteiger partial charge in [-0.3, -0.25) is 14.2 Å². The highest BCUT2D eigenvalue weighted by Crippen LogP contribution is 2.39. The van der Waals surface area contributed by atoms with E-state index in [1.807, 2.05) is 68.4 Å². The van der Waals surface area contributed by atoms with E-state index in [0.29, 0.717) is 59.2 Å². The number of anilines is 3. The standard InChI is InChI=1S/C39H42ClN7O5/c1-25(27-9-6-8-26(18-27)19-30(48)10-7-13-45(2)3)47-37-28(20-33(38(47)49)32-21-31(50-4)22-34(51-5)36(32)40)23-42-39(44-37)43-35-12-11-29(24-41-35)46-14-16-52-17-15-46/h6-12,18,20-25H,13-17,19H2,1-5H3,(H,41,42,43,44)/b10-7+. The Balaban J connectivity index is 1.42. The first-order valence-electron chi connectivity index (χ1n) is 17.0. The molecule has 3 aromatic heterocycles. The summed E-state index contributed by atoms with van der Waals surface area (Å²) >= 11 is 6.82. The molecule has 0 saturated carbocycles. The normalized spacial score (nSPS) is 13.9. The summed E-state index contributed by atoms with van der Waals surface area (Å²) in [5, 5.41) is 4.08. The van der Waals surface area contributed by atoms with E-state index >= 15 is 0 Å². The van der Waals surface area contributed by atoms with Crippen molar-refractivity contribution in [3.8, 4) is 22.6 Å². The number of pyridine rings is 2. The molecule has 1 N–H and O–H groups in total. The SMILES string of the molecule is COc1cc(OC)c(Cl)c(-c2cc3cnc(Nc4ccc(N5CCOCC5)cn4)nc3n(C(C)c3cccc(CC(=O)/C=C/CN(C)C)c3)c2=O)c1. The number of aromatic nitrogens is 4. The van der Waals surface area contributed by atoms with Crippen molar-refractivity contribution in [1.29, 1.82) is 0 Å². The van der Waals surface area contributed by atoms with Crippen LogP contribution in [0.4, 0.5) is 17.5 Å². The number of allylic oxidation sites excluding steroid dienone is 1. The summed E-state index contributed by atoms with van der Waals surface area (Å²) in [7, 11) is 6.94. The van der Waals surface area contributed by atoms with Gasteiger partial charge in [0.2, 0.25) is 5.95 Å². The third-order valence-corrected chi connectivity index (χ3v) is 9.26. The molecule has 270 valence electrons. The first kappa shape index (κ1) is 36.5. The minimum Gasteiger partial charge on any atom is -0.497 e. The zero-order valence-corrected chi connectivity index (χ0v) is 30.7. The molecule has 0 aliphatic carbocycles. The van der Waals surface area contributed by atoms with Crippen LogP contribution in [0.5, 0.6) is 11.5 Å². The van der Waals surface area contributed by atoms with Crippen molar-refractivity contribution in [3.63, 3.8) is 0 Å². The minimum absolute atomic E-state index is 0.00655. The predicted molar refractivity (Wildman–Crippen MR) is 205 cm³/mol. The minimum atomic E-state index is -0.505. The number of likely N-dealkylation sites (N-methyl/N-ethyl adjacent to an activating group) is 1. The van der Waals surface area contributed by atoms with Crippen LogP contribution >= 0.6 is 11.6 Å². The molecule has 4 heterocycles. The van der Waals surface area contributed by atoms with Crippen LogP contribution in [-0.4, -0.2) is 91.4 Å². The third-order valence-electron chi connectivity index (χ3n) is 8.87. The molecule has 1 aliphatic rings. The molecule has 1 saturated heterocycles. The fourth-order valence-electron chi connectivity index (χ4n) is 6.12. The Kier molecular flexibility index (Phi) is 11.5. The van der Waals surface area contributed by atoms with Crippen LogP contribution in [0.3, 0.4) is 0 Å². The van der Waals surface area contributed by atoms with E-state index in [4.69, 9.17) is 30.8 Å². The van der Waals surface area contributed by atoms with E-state index < -0.39 is 6.04 Å². The molecule has 6 rings (SSSR count). The van der Waals surface area contributed by atoms with Crippen LogP contribution in [0.1, 0.15) is 24.1 Å². The van der Waals surface area contributed by atoms with Gasteiger partial charge in [-0.2, -0.15) is 4.98 Å². The van der Waals surface area contributed by atoms with Gasteiger partial charge in [0.25, 0.3) is 5.56 Å². The van der Waals surface area contributed by atoms with Crippen LogP contribution in [0, 0.1) is 0 Å². The number of rotatable bonds is 13. The third kappa shape index (κ3) is 8.25. The average Bonchev–Trinajstić information content (AvgIpc) is 3.15. The molecule has 1 fully saturated rings. The molecular formula is C39H42ClN7O5. The number of ketones is 1. The van der Waals surface area contributed by atoms with E-state index in [0.717, 1.165) is 29.9 Å². The molecule has 1 atom stereocenters. The van der Waals surface area contributed by atoms with Crippen LogP contribution in [0.2, 0.25) is 5.02 Å². The second-order valence-electron chi connectivity index (χ2n) is 12.8. The van der Waals surface area contributed by atoms with Gasteiger partial charge in [-0.25, -0.2) is 9.97 Å². The lowest BCUT2D eigenvalue weighted by Crippen LogP contribution is -2.36. The van der Waals surface area contributed by atoms with E-state index in [2.05, 4.69) is 20.2 Å². The lowest BCUT2D eigenvalue weighted by Gasteiger charge is -2.28. The number of nitrogens with zero attached hydrogens (tertiary/aromatic N) is 6. The number of methoxy groups -OCH3 is 2. The van der Waals surface area contributed by atoms with Gasteiger partial charge in [-0.15, -0.1) is 0 Å². The molecule has 13 heteroatoms. The lowest BCUT2D eigenvalue weighted by atomic mass is 10.00. The van der Waals surface area contributed by atoms with Crippen molar-refractivity contribution < 1.29 is 19.0 Å². The Morgan fingerprint density at radius 3 is 2.56 bits per heavy atom. The highest BCUT2D eigenvalue weighted by molar-refractivity contribution is 6.35. The first-order chi connectivity index (χ1) is 25.1. The van der Waals surface area contributed by atoms with Gasteiger partial charge in [-0.1, -0.05) is 41.9 Å². The number of morpholine rings is 1. The van der Waals surface area contributed by atoms with E-state index in [-0.39, 0.29) is 28.7 Å². The van der Waals surface area contributed by atoms with Crippen molar-refractivity contribution in [2.24, 2.45) is 0 Å². The zero-order valence-electron chi connectivity index (χ0n) is 29.9. The highest BCUT2D eigenvalue weighted by atomic mass is 35.5. The summed E-state index contributed by atoms with van der Waals surface area (Å²) in [6.45, 7) is 5.58. The second kappa shape index (κ2) is 16.4. The molecule has 0 spiro atoms. The van der Waals surface area contributed by atoms with Crippen LogP contribution in [0.25, 0.3) is 22.2 Å². The van der Waals surface area contributed by atoms with E-state index in [1.165, 1.54) is 14.2 Å². The van der Waals surface area contributed by atoms with E-state index in [9.17, 15) is 9.59 Å². The number of benzene rings is 2. The molecule has 0 amide bonds. The van der Waals surface area contributed by atoms with Crippen molar-refractivity contribution in [3.05, 3.63) is 106 Å². The average molecular weight is 724 g/mol. The van der Waals surface area contributed by atoms with Crippen LogP contribution < -0.4 is 25.2 Å². The first-order valence-corrected chi connectivity index (χ1v) is 17.4. The van der Waals surface area contributed by atoms with E-state index in [1.54, 1.807) is 41.2 Å². The molecule has 2 aromatic carbocycles. The number of carbonyl (C=O) groups excluding carboxylic acids is 1. The van der Waals surface area contributed by atoms with Gasteiger partial charge in [0.15, 0.2) is 5.78 Å². The Bertz CT molecular complexity index is 2150. The van der Waals surface area contributed by atoms with Crippen molar-refractivity contribution in [2.75, 3.05) is 71.4 Å². The lowest BCUT2D eigenvalue weighted by molar-refractivity contribution is -0.114. The summed E-state index contributed by atoms with van der Waals surface area (Å²) in [4.78, 5) is 45.7. The molecule has 52 heavy (non-hydrogen) atoms. The van der Waals surface area contributed by atoms with Gasteiger partial charge >= 0.3 is 0 Å². The monoisotopic (exact) mass is 723 g/mol. The Hall–Kier alpha value is -5.30. The number of carbonyl (C=O) groups is 1. The van der Waals surface area contributed by atoms with Gasteiger partial charge in [-0.05, 0) is 62.5 Å². The predicted octanol–water partition coefficient (Wildman–Crippen LogP) is 5.94. The largest absolute Gasteiger partial charge is 0.497 e. The summed E-state index contributed by atoms with van der Waals surface area (Å²) in [6.07, 6.45) is 7.16. The summed E-state index contributed by atoms with van der Waals surface area (Å²) in [6, 6.07) is 16.2. The number of nitrogens with one attached hydrogen (secondary N) is 1. The summed E-state index contributed by atoms with van der Waals surface area (Å²) < 4.78 is 18.1. The van der Waals surface area contributed by atoms with Gasteiger partial charge < -0.3 is 29.3 Å². The van der Waals surface area contributed by atoms with Gasteiger partial charge in [0.1, 0.15) is 23.0 Å². The Labute approximate surface area is 307 Å². The quantitative estimate of drug-likeness (QED) is 0.145. The molecule has 12 nitrogen and oxygen atoms in total. The number of fused-ring (bicyclic) bond motifs is 1. The fraction of sp³-hybridized carbons (Fsp3) is 0.308. The summed E-state index contributed by atoms with van der Waals surface area (Å²) in [5.41, 5.74) is 3.51. The summed E-state index contributed by atoms with van der Waals surface area (Å²) in [5.74, 6) is 1.68. The topological polar surface area (TPSA) is 124 Å². The molecule has 0 bridgehead atoms. The second-order valence-corrected chi connectivity index (χ2v) is 13.1. The molecule has 0 radical (unpaired) electrons. The molecular weight excluding hydrogens is 682 g/mol. The molecule has 1 aliphatic heterocycles. The van der Waals surface area contributed by atoms with Gasteiger partial charge in [0.05, 0.1) is 50.4 Å². The fourth-order valence-corrected chi connectivity index (χ4v) is 6.41. The Morgan fingerprint density at radius 2 is 1.85 bits per heavy atom. The highest BCUT2D eigenvalue weighted by Gasteiger charge is 2.23. The van der Waals surface area contributed by atoms with Crippen LogP contribution in [0.15, 0.2) is 83.9 Å². The maximum atomic E-state index is 14.7. The number of halogens is 1. The maximum Gasteiger partial charge on any atom is 0.260 e. The number of hydrogen-bond donors (Lipinski definition) is 1. The smallest absolute Gasteiger partial charge is 0.260 e.